The summed E-state index contributed by atoms with van der Waals surface area (Å²) in [5, 5.41) is 2.82. The van der Waals surface area contributed by atoms with Gasteiger partial charge in [-0.3, -0.25) is 14.5 Å². The molecule has 0 atom stereocenters. The monoisotopic (exact) mass is 417 g/mol. The molecule has 29 heavy (non-hydrogen) atoms. The Hall–Kier alpha value is -3.07. The zero-order chi connectivity index (χ0) is 20.9. The summed E-state index contributed by atoms with van der Waals surface area (Å²) < 4.78 is 37.3. The van der Waals surface area contributed by atoms with E-state index >= 15 is 0 Å². The lowest BCUT2D eigenvalue weighted by Gasteiger charge is -2.11. The van der Waals surface area contributed by atoms with Crippen molar-refractivity contribution >= 4 is 21.8 Å². The van der Waals surface area contributed by atoms with E-state index in [2.05, 4.69) is 15.0 Å². The van der Waals surface area contributed by atoms with Crippen molar-refractivity contribution in [3.8, 4) is 11.5 Å². The lowest BCUT2D eigenvalue weighted by atomic mass is 10.2. The number of rotatable bonds is 8. The van der Waals surface area contributed by atoms with Gasteiger partial charge in [0, 0.05) is 18.5 Å². The van der Waals surface area contributed by atoms with Crippen molar-refractivity contribution in [3.63, 3.8) is 0 Å². The molecule has 9 heteroatoms. The Bertz CT molecular complexity index is 1030. The minimum Gasteiger partial charge on any atom is -0.493 e. The maximum Gasteiger partial charge on any atom is 0.263 e. The first-order chi connectivity index (χ1) is 13.9. The molecule has 0 bridgehead atoms. The van der Waals surface area contributed by atoms with Crippen molar-refractivity contribution in [1.82, 2.24) is 10.0 Å². The van der Waals surface area contributed by atoms with Crippen LogP contribution in [-0.4, -0.2) is 40.4 Å². The molecule has 0 saturated carbocycles. The molecular weight excluding hydrogens is 394 g/mol. The average Bonchev–Trinajstić information content (AvgIpc) is 2.98. The molecule has 2 aromatic carbocycles. The summed E-state index contributed by atoms with van der Waals surface area (Å²) in [4.78, 5) is 16.6. The van der Waals surface area contributed by atoms with Gasteiger partial charge in [-0.2, -0.15) is 0 Å². The molecule has 0 aliphatic carbocycles. The molecule has 0 unspecified atom stereocenters. The van der Waals surface area contributed by atoms with E-state index in [9.17, 15) is 13.2 Å². The van der Waals surface area contributed by atoms with Gasteiger partial charge < -0.3 is 14.8 Å². The second-order valence-electron chi connectivity index (χ2n) is 6.28. The number of amides is 1. The normalized spacial score (nSPS) is 15.4. The number of sulfonamides is 1. The quantitative estimate of drug-likeness (QED) is 0.682. The predicted octanol–water partition coefficient (Wildman–Crippen LogP) is 1.84. The molecule has 8 nitrogen and oxygen atoms in total. The van der Waals surface area contributed by atoms with Crippen LogP contribution in [-0.2, 0) is 21.4 Å². The second kappa shape index (κ2) is 8.95. The number of carbonyl (C=O) groups is 1. The number of fused-ring (bicyclic) bond motifs is 1. The molecule has 0 fully saturated rings. The predicted molar refractivity (Wildman–Crippen MR) is 109 cm³/mol. The summed E-state index contributed by atoms with van der Waals surface area (Å²) in [5.41, 5.74) is 1.40. The van der Waals surface area contributed by atoms with Gasteiger partial charge in [-0.25, -0.2) is 8.42 Å². The van der Waals surface area contributed by atoms with Crippen molar-refractivity contribution in [1.29, 1.82) is 0 Å². The number of hydrogen-bond acceptors (Lipinski definition) is 6. The highest BCUT2D eigenvalue weighted by Crippen LogP contribution is 2.28. The SMILES string of the molecule is CCOc1ccc(CNC(=O)CCN=C2NS(=O)(=O)c3ccccc32)cc1OC. The minimum atomic E-state index is -3.57. The number of nitrogens with one attached hydrogen (secondary N) is 2. The summed E-state index contributed by atoms with van der Waals surface area (Å²) in [6.07, 6.45) is 0.140. The van der Waals surface area contributed by atoms with Gasteiger partial charge in [0.25, 0.3) is 10.0 Å². The summed E-state index contributed by atoms with van der Waals surface area (Å²) in [5.74, 6) is 1.35. The van der Waals surface area contributed by atoms with Gasteiger partial charge >= 0.3 is 0 Å². The second-order valence-corrected chi connectivity index (χ2v) is 7.93. The Balaban J connectivity index is 1.54. The number of hydrogen-bond donors (Lipinski definition) is 2. The van der Waals surface area contributed by atoms with Crippen LogP contribution in [0.1, 0.15) is 24.5 Å². The maximum absolute atomic E-state index is 12.1. The lowest BCUT2D eigenvalue weighted by Crippen LogP contribution is -2.25. The summed E-state index contributed by atoms with van der Waals surface area (Å²) >= 11 is 0. The van der Waals surface area contributed by atoms with Crippen LogP contribution in [0.5, 0.6) is 11.5 Å². The van der Waals surface area contributed by atoms with Gasteiger partial charge in [0.2, 0.25) is 5.91 Å². The van der Waals surface area contributed by atoms with Gasteiger partial charge in [-0.15, -0.1) is 0 Å². The van der Waals surface area contributed by atoms with E-state index in [-0.39, 0.29) is 29.6 Å². The van der Waals surface area contributed by atoms with Crippen LogP contribution in [0.15, 0.2) is 52.4 Å². The summed E-state index contributed by atoms with van der Waals surface area (Å²) in [6.45, 7) is 2.94. The van der Waals surface area contributed by atoms with Crippen molar-refractivity contribution in [2.75, 3.05) is 20.3 Å². The van der Waals surface area contributed by atoms with Gasteiger partial charge in [0.1, 0.15) is 5.84 Å². The zero-order valence-corrected chi connectivity index (χ0v) is 17.1. The first-order valence-electron chi connectivity index (χ1n) is 9.17. The Morgan fingerprint density at radius 3 is 2.72 bits per heavy atom. The molecule has 1 heterocycles. The van der Waals surface area contributed by atoms with E-state index in [0.717, 1.165) is 5.56 Å². The van der Waals surface area contributed by atoms with Crippen LogP contribution in [0.3, 0.4) is 0 Å². The number of ether oxygens (including phenoxy) is 2. The third-order valence-electron chi connectivity index (χ3n) is 4.29. The van der Waals surface area contributed by atoms with Crippen LogP contribution < -0.4 is 19.5 Å². The Labute approximate surface area is 170 Å². The fourth-order valence-corrected chi connectivity index (χ4v) is 4.16. The van der Waals surface area contributed by atoms with Crippen LogP contribution in [0, 0.1) is 0 Å². The highest BCUT2D eigenvalue weighted by atomic mass is 32.2. The Morgan fingerprint density at radius 2 is 1.97 bits per heavy atom. The van der Waals surface area contributed by atoms with Crippen LogP contribution >= 0.6 is 0 Å². The van der Waals surface area contributed by atoms with E-state index in [1.54, 1.807) is 31.4 Å². The first kappa shape index (κ1) is 20.7. The van der Waals surface area contributed by atoms with Gasteiger partial charge in [-0.1, -0.05) is 18.2 Å². The third kappa shape index (κ3) is 4.86. The highest BCUT2D eigenvalue weighted by molar-refractivity contribution is 7.90. The van der Waals surface area contributed by atoms with Gasteiger partial charge in [0.15, 0.2) is 11.5 Å². The van der Waals surface area contributed by atoms with Crippen LogP contribution in [0.25, 0.3) is 0 Å². The molecule has 0 radical (unpaired) electrons. The molecule has 1 amide bonds. The molecule has 0 aromatic heterocycles. The standard InChI is InChI=1S/C20H23N3O5S/c1-3-28-16-9-8-14(12-17(16)27-2)13-22-19(24)10-11-21-20-15-6-4-5-7-18(15)29(25,26)23-20/h4-9,12H,3,10-11,13H2,1-2H3,(H,21,23)(H,22,24). The minimum absolute atomic E-state index is 0.140. The van der Waals surface area contributed by atoms with Crippen molar-refractivity contribution < 1.29 is 22.7 Å². The Kier molecular flexibility index (Phi) is 6.38. The molecule has 1 aliphatic rings. The Morgan fingerprint density at radius 1 is 1.17 bits per heavy atom. The number of amidine groups is 1. The third-order valence-corrected chi connectivity index (χ3v) is 5.69. The zero-order valence-electron chi connectivity index (χ0n) is 16.3. The highest BCUT2D eigenvalue weighted by Gasteiger charge is 2.29. The van der Waals surface area contributed by atoms with Crippen LogP contribution in [0.4, 0.5) is 0 Å². The molecular formula is C20H23N3O5S. The van der Waals surface area contributed by atoms with E-state index in [1.807, 2.05) is 19.1 Å². The van der Waals surface area contributed by atoms with Gasteiger partial charge in [0.05, 0.1) is 25.2 Å². The number of benzene rings is 2. The van der Waals surface area contributed by atoms with E-state index in [1.165, 1.54) is 6.07 Å². The summed E-state index contributed by atoms with van der Waals surface area (Å²) in [6, 6.07) is 12.1. The number of aliphatic imine (C=N–C) groups is 1. The molecule has 154 valence electrons. The molecule has 2 N–H and O–H groups in total. The number of methoxy groups -OCH3 is 1. The fraction of sp³-hybridized carbons (Fsp3) is 0.300. The van der Waals surface area contributed by atoms with Crippen LogP contribution in [0.2, 0.25) is 0 Å². The van der Waals surface area contributed by atoms with E-state index in [4.69, 9.17) is 9.47 Å². The van der Waals surface area contributed by atoms with Crippen molar-refractivity contribution in [2.45, 2.75) is 24.8 Å². The number of nitrogens with zero attached hydrogens (tertiary/aromatic N) is 1. The lowest BCUT2D eigenvalue weighted by molar-refractivity contribution is -0.121. The van der Waals surface area contributed by atoms with E-state index < -0.39 is 10.0 Å². The topological polar surface area (TPSA) is 106 Å². The molecule has 0 spiro atoms. The maximum atomic E-state index is 12.1. The fourth-order valence-electron chi connectivity index (χ4n) is 2.91. The molecule has 0 saturated heterocycles. The molecule has 2 aromatic rings. The number of carbonyl (C=O) groups excluding carboxylic acids is 1. The van der Waals surface area contributed by atoms with Crippen molar-refractivity contribution in [3.05, 3.63) is 53.6 Å². The largest absolute Gasteiger partial charge is 0.493 e. The first-order valence-corrected chi connectivity index (χ1v) is 10.7. The summed E-state index contributed by atoms with van der Waals surface area (Å²) in [7, 11) is -2.01. The smallest absolute Gasteiger partial charge is 0.263 e. The van der Waals surface area contributed by atoms with Gasteiger partial charge in [-0.05, 0) is 36.8 Å². The average molecular weight is 417 g/mol. The molecule has 3 rings (SSSR count). The van der Waals surface area contributed by atoms with Crippen molar-refractivity contribution in [2.24, 2.45) is 4.99 Å². The van der Waals surface area contributed by atoms with E-state index in [0.29, 0.717) is 30.2 Å². The molecule has 1 aliphatic heterocycles.